The third kappa shape index (κ3) is 6.15. The molecule has 0 radical (unpaired) electrons. The lowest BCUT2D eigenvalue weighted by atomic mass is 10.1. The number of nitrogens with zero attached hydrogens (tertiary/aromatic N) is 3. The van der Waals surface area contributed by atoms with Gasteiger partial charge in [0.05, 0.1) is 12.6 Å². The summed E-state index contributed by atoms with van der Waals surface area (Å²) in [5, 5.41) is 1.88. The lowest BCUT2D eigenvalue weighted by Gasteiger charge is -2.35. The zero-order valence-corrected chi connectivity index (χ0v) is 20.3. The van der Waals surface area contributed by atoms with Crippen LogP contribution in [0.2, 0.25) is 0 Å². The number of methoxy groups -OCH3 is 1. The number of ether oxygens (including phenoxy) is 2. The van der Waals surface area contributed by atoms with Crippen molar-refractivity contribution in [1.82, 2.24) is 14.3 Å². The van der Waals surface area contributed by atoms with E-state index in [1.54, 1.807) is 20.8 Å². The second-order valence-electron chi connectivity index (χ2n) is 8.94. The van der Waals surface area contributed by atoms with Gasteiger partial charge in [0.1, 0.15) is 16.9 Å². The van der Waals surface area contributed by atoms with Gasteiger partial charge in [-0.15, -0.1) is 0 Å². The lowest BCUT2D eigenvalue weighted by molar-refractivity contribution is 0.0281. The molecule has 10 nitrogen and oxygen atoms in total. The van der Waals surface area contributed by atoms with Crippen molar-refractivity contribution in [3.8, 4) is 5.75 Å². The number of hydrogen-bond donors (Lipinski definition) is 1. The number of amides is 2. The van der Waals surface area contributed by atoms with Crippen LogP contribution in [0.15, 0.2) is 35.6 Å². The molecule has 0 aromatic carbocycles. The summed E-state index contributed by atoms with van der Waals surface area (Å²) in [6.45, 7) is 9.41. The van der Waals surface area contributed by atoms with E-state index in [2.05, 4.69) is 15.3 Å². The molecule has 1 N–H and O–H groups in total. The average molecular weight is 483 g/mol. The Morgan fingerprint density at radius 3 is 2.21 bits per heavy atom. The Balaban J connectivity index is 2.44. The van der Waals surface area contributed by atoms with Crippen molar-refractivity contribution in [3.63, 3.8) is 0 Å². The highest BCUT2D eigenvalue weighted by Gasteiger charge is 2.41. The summed E-state index contributed by atoms with van der Waals surface area (Å²) in [4.78, 5) is 32.6. The molecule has 12 heteroatoms. The monoisotopic (exact) mass is 482 g/mol. The minimum Gasteiger partial charge on any atom is -0.496 e. The number of hydrogen-bond acceptors (Lipinski definition) is 8. The van der Waals surface area contributed by atoms with Crippen LogP contribution in [0, 0.1) is 5.95 Å². The van der Waals surface area contributed by atoms with Crippen LogP contribution in [0.3, 0.4) is 0 Å². The summed E-state index contributed by atoms with van der Waals surface area (Å²) < 4.78 is 51.6. The first-order chi connectivity index (χ1) is 15.1. The third-order valence-electron chi connectivity index (χ3n) is 3.98. The molecule has 33 heavy (non-hydrogen) atoms. The van der Waals surface area contributed by atoms with Crippen molar-refractivity contribution in [2.45, 2.75) is 57.7 Å². The number of carbonyl (C=O) groups excluding carboxylic acids is 2. The molecule has 2 aromatic heterocycles. The largest absolute Gasteiger partial charge is 0.496 e. The first-order valence-corrected chi connectivity index (χ1v) is 11.3. The van der Waals surface area contributed by atoms with Crippen LogP contribution in [0.5, 0.6) is 5.75 Å². The summed E-state index contributed by atoms with van der Waals surface area (Å²) in [7, 11) is -3.22. The van der Waals surface area contributed by atoms with Crippen molar-refractivity contribution in [2.24, 2.45) is 0 Å². The van der Waals surface area contributed by atoms with Crippen molar-refractivity contribution < 1.29 is 31.9 Å². The number of halogens is 1. The van der Waals surface area contributed by atoms with Crippen LogP contribution in [0.1, 0.15) is 51.9 Å². The van der Waals surface area contributed by atoms with Crippen molar-refractivity contribution in [3.05, 3.63) is 42.1 Å². The lowest BCUT2D eigenvalue weighted by Crippen LogP contribution is -2.51. The predicted octanol–water partition coefficient (Wildman–Crippen LogP) is 3.60. The van der Waals surface area contributed by atoms with Gasteiger partial charge in [0.15, 0.2) is 5.03 Å². The number of sulfonamides is 1. The Morgan fingerprint density at radius 2 is 1.67 bits per heavy atom. The SMILES string of the molecule is COc1ccnc(F)c1C(=O)Nc1ccnc(S(=O)(=O)N(C(=O)OC(C)(C)C)C(C)(C)C)c1. The molecule has 0 aliphatic carbocycles. The van der Waals surface area contributed by atoms with E-state index in [4.69, 9.17) is 9.47 Å². The third-order valence-corrected chi connectivity index (χ3v) is 5.91. The van der Waals surface area contributed by atoms with Gasteiger partial charge in [-0.3, -0.25) is 4.79 Å². The molecule has 0 saturated heterocycles. The maximum atomic E-state index is 14.1. The molecule has 0 bridgehead atoms. The molecule has 2 aromatic rings. The van der Waals surface area contributed by atoms with E-state index in [-0.39, 0.29) is 11.4 Å². The molecule has 0 unspecified atom stereocenters. The van der Waals surface area contributed by atoms with Crippen molar-refractivity contribution in [1.29, 1.82) is 0 Å². The fraction of sp³-hybridized carbons (Fsp3) is 0.429. The summed E-state index contributed by atoms with van der Waals surface area (Å²) in [5.74, 6) is -2.02. The number of pyridine rings is 2. The molecule has 0 spiro atoms. The minimum atomic E-state index is -4.49. The van der Waals surface area contributed by atoms with E-state index < -0.39 is 49.7 Å². The Morgan fingerprint density at radius 1 is 1.06 bits per heavy atom. The highest BCUT2D eigenvalue weighted by Crippen LogP contribution is 2.28. The smallest absolute Gasteiger partial charge is 0.424 e. The molecule has 2 heterocycles. The van der Waals surface area contributed by atoms with Crippen molar-refractivity contribution >= 4 is 27.7 Å². The van der Waals surface area contributed by atoms with Crippen molar-refractivity contribution in [2.75, 3.05) is 12.4 Å². The van der Waals surface area contributed by atoms with E-state index >= 15 is 0 Å². The zero-order valence-electron chi connectivity index (χ0n) is 19.5. The number of rotatable bonds is 5. The van der Waals surface area contributed by atoms with Crippen LogP contribution < -0.4 is 10.1 Å². The Hall–Kier alpha value is -3.28. The summed E-state index contributed by atoms with van der Waals surface area (Å²) in [5.41, 5.74) is -2.58. The highest BCUT2D eigenvalue weighted by atomic mass is 32.2. The second kappa shape index (κ2) is 9.30. The molecule has 0 fully saturated rings. The molecule has 2 amide bonds. The van der Waals surface area contributed by atoms with Gasteiger partial charge in [0.25, 0.3) is 15.9 Å². The molecular formula is C21H27FN4O6S. The van der Waals surface area contributed by atoms with Gasteiger partial charge >= 0.3 is 6.09 Å². The number of anilines is 1. The molecule has 0 aliphatic heterocycles. The van der Waals surface area contributed by atoms with E-state index in [0.717, 1.165) is 18.5 Å². The highest BCUT2D eigenvalue weighted by molar-refractivity contribution is 7.89. The Labute approximate surface area is 192 Å². The van der Waals surface area contributed by atoms with Gasteiger partial charge in [0.2, 0.25) is 5.95 Å². The van der Waals surface area contributed by atoms with Crippen LogP contribution in [0.4, 0.5) is 14.9 Å². The zero-order chi connectivity index (χ0) is 25.2. The number of carbonyl (C=O) groups is 2. The van der Waals surface area contributed by atoms with E-state index in [0.29, 0.717) is 4.31 Å². The summed E-state index contributed by atoms with van der Waals surface area (Å²) in [6, 6.07) is 3.67. The number of nitrogens with one attached hydrogen (secondary N) is 1. The van der Waals surface area contributed by atoms with E-state index in [1.807, 2.05) is 0 Å². The van der Waals surface area contributed by atoms with Gasteiger partial charge in [-0.1, -0.05) is 0 Å². The van der Waals surface area contributed by atoms with Crippen LogP contribution in [-0.2, 0) is 14.8 Å². The fourth-order valence-corrected chi connectivity index (χ4v) is 4.36. The normalized spacial score (nSPS) is 12.1. The van der Waals surface area contributed by atoms with Gasteiger partial charge in [-0.05, 0) is 53.7 Å². The molecule has 0 atom stereocenters. The van der Waals surface area contributed by atoms with Gasteiger partial charge < -0.3 is 14.8 Å². The van der Waals surface area contributed by atoms with E-state index in [9.17, 15) is 22.4 Å². The van der Waals surface area contributed by atoms with Gasteiger partial charge in [-0.25, -0.2) is 14.8 Å². The maximum Gasteiger partial charge on any atom is 0.424 e. The van der Waals surface area contributed by atoms with Crippen LogP contribution in [-0.4, -0.2) is 52.9 Å². The first kappa shape index (κ1) is 26.0. The minimum absolute atomic E-state index is 0.00284. The molecule has 0 saturated carbocycles. The maximum absolute atomic E-state index is 14.1. The van der Waals surface area contributed by atoms with Gasteiger partial charge in [-0.2, -0.15) is 17.1 Å². The average Bonchev–Trinajstić information content (AvgIpc) is 2.64. The molecular weight excluding hydrogens is 455 g/mol. The Bertz CT molecular complexity index is 1160. The predicted molar refractivity (Wildman–Crippen MR) is 118 cm³/mol. The quantitative estimate of drug-likeness (QED) is 0.640. The van der Waals surface area contributed by atoms with Crippen LogP contribution in [0.25, 0.3) is 0 Å². The van der Waals surface area contributed by atoms with Crippen LogP contribution >= 0.6 is 0 Å². The second-order valence-corrected chi connectivity index (χ2v) is 10.7. The summed E-state index contributed by atoms with van der Waals surface area (Å²) in [6.07, 6.45) is 1.20. The standard InChI is InChI=1S/C21H27FN4O6S/c1-20(2,3)26(19(28)32-21(4,5)6)33(29,30)15-12-13(8-10-23-15)25-18(27)16-14(31-7)9-11-24-17(16)22/h8-12H,1-7H3,(H,23,25,27). The van der Waals surface area contributed by atoms with E-state index in [1.165, 1.54) is 40.0 Å². The first-order valence-electron chi connectivity index (χ1n) is 9.82. The topological polar surface area (TPSA) is 128 Å². The summed E-state index contributed by atoms with van der Waals surface area (Å²) >= 11 is 0. The Kier molecular flexibility index (Phi) is 7.32. The molecule has 0 aliphatic rings. The molecule has 180 valence electrons. The van der Waals surface area contributed by atoms with Gasteiger partial charge in [0, 0.05) is 24.1 Å². The fourth-order valence-electron chi connectivity index (χ4n) is 2.75. The molecule has 2 rings (SSSR count). The number of aromatic nitrogens is 2.